The number of amides is 2. The maximum atomic E-state index is 12.7. The van der Waals surface area contributed by atoms with E-state index in [1.54, 1.807) is 29.0 Å². The van der Waals surface area contributed by atoms with Gasteiger partial charge in [-0.25, -0.2) is 0 Å². The van der Waals surface area contributed by atoms with E-state index in [-0.39, 0.29) is 29.2 Å². The first-order chi connectivity index (χ1) is 12.5. The zero-order chi connectivity index (χ0) is 18.3. The van der Waals surface area contributed by atoms with E-state index in [9.17, 15) is 14.4 Å². The third-order valence-electron chi connectivity index (χ3n) is 5.09. The van der Waals surface area contributed by atoms with E-state index in [4.69, 9.17) is 0 Å². The lowest BCUT2D eigenvalue weighted by Crippen LogP contribution is -2.49. The molecule has 2 aromatic heterocycles. The first kappa shape index (κ1) is 16.5. The monoisotopic (exact) mass is 352 g/mol. The lowest BCUT2D eigenvalue weighted by molar-refractivity contribution is -0.114. The number of rotatable bonds is 2. The van der Waals surface area contributed by atoms with Gasteiger partial charge in [0.15, 0.2) is 0 Å². The standard InChI is InChI=1S/C19H20N4O3/c1-12(24)21-16-5-6-17-14-8-13(10-23(17)19(16)26)9-22(11-14)18(25)15-4-2-3-7-20-15/h2-7,13-14H,8-11H2,1H3,(H,21,24)/t13-,14+/m0/s1. The van der Waals surface area contributed by atoms with Gasteiger partial charge in [-0.1, -0.05) is 6.07 Å². The van der Waals surface area contributed by atoms with Gasteiger partial charge in [0.1, 0.15) is 11.4 Å². The molecule has 2 aliphatic rings. The fraction of sp³-hybridized carbons (Fsp3) is 0.368. The van der Waals surface area contributed by atoms with Crippen molar-refractivity contribution in [2.45, 2.75) is 25.8 Å². The van der Waals surface area contributed by atoms with Gasteiger partial charge in [-0.2, -0.15) is 0 Å². The van der Waals surface area contributed by atoms with Crippen LogP contribution in [0.2, 0.25) is 0 Å². The molecule has 1 fully saturated rings. The summed E-state index contributed by atoms with van der Waals surface area (Å²) in [5, 5.41) is 2.59. The third kappa shape index (κ3) is 2.89. The summed E-state index contributed by atoms with van der Waals surface area (Å²) in [4.78, 5) is 42.7. The molecule has 2 bridgehead atoms. The Balaban J connectivity index is 1.62. The number of anilines is 1. The normalized spacial score (nSPS) is 21.0. The Morgan fingerprint density at radius 3 is 2.73 bits per heavy atom. The van der Waals surface area contributed by atoms with Gasteiger partial charge in [0, 0.05) is 44.4 Å². The molecule has 0 radical (unpaired) electrons. The lowest BCUT2D eigenvalue weighted by Gasteiger charge is -2.42. The second-order valence-corrected chi connectivity index (χ2v) is 6.99. The average molecular weight is 352 g/mol. The molecule has 0 saturated carbocycles. The Hall–Kier alpha value is -2.96. The van der Waals surface area contributed by atoms with Gasteiger partial charge in [-0.05, 0) is 36.6 Å². The Kier molecular flexibility index (Phi) is 4.06. The summed E-state index contributed by atoms with van der Waals surface area (Å²) >= 11 is 0. The van der Waals surface area contributed by atoms with Gasteiger partial charge in [-0.15, -0.1) is 0 Å². The number of piperidine rings is 1. The number of nitrogens with zero attached hydrogens (tertiary/aromatic N) is 3. The second-order valence-electron chi connectivity index (χ2n) is 6.99. The van der Waals surface area contributed by atoms with Crippen molar-refractivity contribution in [1.82, 2.24) is 14.5 Å². The Morgan fingerprint density at radius 2 is 2.00 bits per heavy atom. The quantitative estimate of drug-likeness (QED) is 0.887. The van der Waals surface area contributed by atoms with E-state index in [1.807, 2.05) is 17.0 Å². The van der Waals surface area contributed by atoms with Crippen molar-refractivity contribution in [1.29, 1.82) is 0 Å². The molecule has 0 spiro atoms. The molecule has 2 aromatic rings. The van der Waals surface area contributed by atoms with Crippen LogP contribution in [-0.2, 0) is 11.3 Å². The first-order valence-electron chi connectivity index (χ1n) is 8.74. The highest BCUT2D eigenvalue weighted by Crippen LogP contribution is 2.35. The topological polar surface area (TPSA) is 84.3 Å². The van der Waals surface area contributed by atoms with Crippen LogP contribution in [0.5, 0.6) is 0 Å². The summed E-state index contributed by atoms with van der Waals surface area (Å²) in [5.41, 5.74) is 1.52. The maximum Gasteiger partial charge on any atom is 0.274 e. The maximum absolute atomic E-state index is 12.7. The second kappa shape index (κ2) is 6.40. The molecule has 2 aliphatic heterocycles. The van der Waals surface area contributed by atoms with Crippen LogP contribution in [0.3, 0.4) is 0 Å². The van der Waals surface area contributed by atoms with Gasteiger partial charge in [-0.3, -0.25) is 19.4 Å². The predicted molar refractivity (Wildman–Crippen MR) is 96.0 cm³/mol. The number of hydrogen-bond acceptors (Lipinski definition) is 4. The number of fused-ring (bicyclic) bond motifs is 4. The smallest absolute Gasteiger partial charge is 0.274 e. The van der Waals surface area contributed by atoms with Crippen molar-refractivity contribution in [3.05, 3.63) is 58.3 Å². The fourth-order valence-electron chi connectivity index (χ4n) is 4.05. The molecule has 1 saturated heterocycles. The van der Waals surface area contributed by atoms with E-state index in [1.165, 1.54) is 6.92 Å². The molecule has 1 N–H and O–H groups in total. The molecule has 2 atom stereocenters. The summed E-state index contributed by atoms with van der Waals surface area (Å²) in [7, 11) is 0. The van der Waals surface area contributed by atoms with Crippen LogP contribution in [0.1, 0.15) is 35.4 Å². The molecule has 7 nitrogen and oxygen atoms in total. The molecule has 4 rings (SSSR count). The zero-order valence-corrected chi connectivity index (χ0v) is 14.5. The van der Waals surface area contributed by atoms with Crippen LogP contribution in [-0.4, -0.2) is 39.4 Å². The largest absolute Gasteiger partial charge is 0.336 e. The predicted octanol–water partition coefficient (Wildman–Crippen LogP) is 1.46. The average Bonchev–Trinajstić information content (AvgIpc) is 2.64. The van der Waals surface area contributed by atoms with Gasteiger partial charge >= 0.3 is 0 Å². The number of likely N-dealkylation sites (tertiary alicyclic amines) is 1. The summed E-state index contributed by atoms with van der Waals surface area (Å²) in [6, 6.07) is 8.88. The Morgan fingerprint density at radius 1 is 1.15 bits per heavy atom. The molecule has 134 valence electrons. The molecule has 26 heavy (non-hydrogen) atoms. The van der Waals surface area contributed by atoms with Gasteiger partial charge < -0.3 is 14.8 Å². The van der Waals surface area contributed by atoms with Crippen LogP contribution in [0.4, 0.5) is 5.69 Å². The minimum Gasteiger partial charge on any atom is -0.336 e. The van der Waals surface area contributed by atoms with Crippen LogP contribution in [0.15, 0.2) is 41.3 Å². The molecular formula is C19H20N4O3. The van der Waals surface area contributed by atoms with E-state index >= 15 is 0 Å². The molecule has 2 amide bonds. The number of carbonyl (C=O) groups is 2. The van der Waals surface area contributed by atoms with Crippen molar-refractivity contribution in [2.75, 3.05) is 18.4 Å². The SMILES string of the molecule is CC(=O)Nc1ccc2n(c1=O)C[C@H]1C[C@@H]2CN(C(=O)c2ccccn2)C1. The number of aromatic nitrogens is 2. The van der Waals surface area contributed by atoms with Gasteiger partial charge in [0.25, 0.3) is 11.5 Å². The van der Waals surface area contributed by atoms with Gasteiger partial charge in [0.05, 0.1) is 0 Å². The molecule has 0 unspecified atom stereocenters. The molecule has 0 aromatic carbocycles. The molecule has 0 aliphatic carbocycles. The van der Waals surface area contributed by atoms with Crippen molar-refractivity contribution in [2.24, 2.45) is 5.92 Å². The van der Waals surface area contributed by atoms with E-state index < -0.39 is 0 Å². The van der Waals surface area contributed by atoms with Crippen LogP contribution in [0.25, 0.3) is 0 Å². The highest BCUT2D eigenvalue weighted by molar-refractivity contribution is 5.92. The molecule has 4 heterocycles. The Labute approximate surface area is 150 Å². The van der Waals surface area contributed by atoms with Crippen molar-refractivity contribution in [3.63, 3.8) is 0 Å². The number of carbonyl (C=O) groups excluding carboxylic acids is 2. The van der Waals surface area contributed by atoms with Gasteiger partial charge in [0.2, 0.25) is 5.91 Å². The first-order valence-corrected chi connectivity index (χ1v) is 8.74. The van der Waals surface area contributed by atoms with E-state index in [0.29, 0.717) is 31.0 Å². The molecule has 7 heteroatoms. The fourth-order valence-corrected chi connectivity index (χ4v) is 4.05. The summed E-state index contributed by atoms with van der Waals surface area (Å²) in [5.74, 6) is 0.0187. The van der Waals surface area contributed by atoms with Crippen LogP contribution in [0, 0.1) is 5.92 Å². The van der Waals surface area contributed by atoms with Crippen LogP contribution >= 0.6 is 0 Å². The summed E-state index contributed by atoms with van der Waals surface area (Å²) in [6.07, 6.45) is 2.58. The highest BCUT2D eigenvalue weighted by atomic mass is 16.2. The minimum atomic E-state index is -0.259. The van der Waals surface area contributed by atoms with E-state index in [0.717, 1.165) is 12.1 Å². The summed E-state index contributed by atoms with van der Waals surface area (Å²) in [6.45, 7) is 3.14. The highest BCUT2D eigenvalue weighted by Gasteiger charge is 2.37. The Bertz CT molecular complexity index is 922. The van der Waals surface area contributed by atoms with Crippen molar-refractivity contribution in [3.8, 4) is 0 Å². The molecular weight excluding hydrogens is 332 g/mol. The number of hydrogen-bond donors (Lipinski definition) is 1. The summed E-state index contributed by atoms with van der Waals surface area (Å²) < 4.78 is 1.76. The lowest BCUT2D eigenvalue weighted by atomic mass is 9.83. The third-order valence-corrected chi connectivity index (χ3v) is 5.09. The van der Waals surface area contributed by atoms with Crippen molar-refractivity contribution >= 4 is 17.5 Å². The number of pyridine rings is 2. The van der Waals surface area contributed by atoms with Crippen LogP contribution < -0.4 is 10.9 Å². The van der Waals surface area contributed by atoms with Crippen molar-refractivity contribution < 1.29 is 9.59 Å². The minimum absolute atomic E-state index is 0.0639. The zero-order valence-electron chi connectivity index (χ0n) is 14.5. The number of nitrogens with one attached hydrogen (secondary N) is 1. The van der Waals surface area contributed by atoms with E-state index in [2.05, 4.69) is 10.3 Å².